The van der Waals surface area contributed by atoms with E-state index in [1.807, 2.05) is 0 Å². The van der Waals surface area contributed by atoms with Crippen LogP contribution >= 0.6 is 0 Å². The third-order valence-corrected chi connectivity index (χ3v) is 6.23. The number of amides is 2. The molecule has 0 fully saturated rings. The van der Waals surface area contributed by atoms with Crippen molar-refractivity contribution in [1.29, 1.82) is 0 Å². The van der Waals surface area contributed by atoms with Crippen molar-refractivity contribution < 1.29 is 31.5 Å². The monoisotopic (exact) mass is 497 g/mol. The topological polar surface area (TPSA) is 96.0 Å². The van der Waals surface area contributed by atoms with Crippen LogP contribution in [0.5, 0.6) is 5.75 Å². The number of sulfonamides is 1. The van der Waals surface area contributed by atoms with Crippen LogP contribution in [0.25, 0.3) is 0 Å². The molecule has 0 saturated carbocycles. The molecule has 0 radical (unpaired) electrons. The van der Waals surface area contributed by atoms with Gasteiger partial charge in [0, 0.05) is 19.2 Å². The highest BCUT2D eigenvalue weighted by atomic mass is 32.2. The van der Waals surface area contributed by atoms with E-state index in [0.717, 1.165) is 18.4 Å². The number of halogens is 2. The van der Waals surface area contributed by atoms with E-state index >= 15 is 0 Å². The Kier molecular flexibility index (Phi) is 9.36. The van der Waals surface area contributed by atoms with Crippen molar-refractivity contribution >= 4 is 27.5 Å². The first-order valence-corrected chi connectivity index (χ1v) is 12.5. The fourth-order valence-electron chi connectivity index (χ4n) is 3.43. The molecule has 2 aromatic carbocycles. The number of nitrogens with one attached hydrogen (secondary N) is 1. The number of anilines is 1. The molecule has 0 bridgehead atoms. The smallest absolute Gasteiger partial charge is 0.244 e. The van der Waals surface area contributed by atoms with Gasteiger partial charge in [-0.25, -0.2) is 17.2 Å². The van der Waals surface area contributed by atoms with E-state index in [1.165, 1.54) is 12.0 Å². The number of hydrogen-bond acceptors (Lipinski definition) is 5. The van der Waals surface area contributed by atoms with Gasteiger partial charge in [0.15, 0.2) is 11.6 Å². The van der Waals surface area contributed by atoms with Crippen LogP contribution in [0.1, 0.15) is 25.8 Å². The maximum absolute atomic E-state index is 13.8. The average molecular weight is 498 g/mol. The fraction of sp³-hybridized carbons (Fsp3) is 0.391. The molecule has 0 aliphatic heterocycles. The van der Waals surface area contributed by atoms with Gasteiger partial charge in [-0.2, -0.15) is 0 Å². The van der Waals surface area contributed by atoms with Gasteiger partial charge in [0.2, 0.25) is 21.8 Å². The molecule has 0 heterocycles. The number of benzene rings is 2. The highest BCUT2D eigenvalue weighted by molar-refractivity contribution is 7.92. The Labute approximate surface area is 198 Å². The lowest BCUT2D eigenvalue weighted by molar-refractivity contribution is -0.140. The first-order valence-electron chi connectivity index (χ1n) is 10.6. The zero-order valence-electron chi connectivity index (χ0n) is 19.5. The summed E-state index contributed by atoms with van der Waals surface area (Å²) in [5, 5.41) is 2.69. The van der Waals surface area contributed by atoms with Crippen molar-refractivity contribution in [3.8, 4) is 5.75 Å². The van der Waals surface area contributed by atoms with Gasteiger partial charge < -0.3 is 15.0 Å². The van der Waals surface area contributed by atoms with Crippen LogP contribution in [0, 0.1) is 11.6 Å². The molecule has 0 unspecified atom stereocenters. The molecular formula is C23H29F2N3O5S. The predicted octanol–water partition coefficient (Wildman–Crippen LogP) is 2.68. The number of carbonyl (C=O) groups excluding carboxylic acids is 2. The van der Waals surface area contributed by atoms with Gasteiger partial charge in [-0.1, -0.05) is 19.1 Å². The van der Waals surface area contributed by atoms with Crippen LogP contribution < -0.4 is 14.4 Å². The number of methoxy groups -OCH3 is 1. The Balaban J connectivity index is 2.46. The standard InChI is InChI=1S/C23H29F2N3O5S/c1-5-21(23(30)26-6-2)27(14-16-8-7-9-18(12-16)33-3)22(29)15-28(34(4,31)32)17-10-11-19(24)20(25)13-17/h7-13,21H,5-6,14-15H2,1-4H3,(H,26,30)/t21-/m1/s1. The van der Waals surface area contributed by atoms with Gasteiger partial charge in [0.1, 0.15) is 18.3 Å². The summed E-state index contributed by atoms with van der Waals surface area (Å²) >= 11 is 0. The third-order valence-electron chi connectivity index (χ3n) is 5.09. The van der Waals surface area contributed by atoms with Crippen molar-refractivity contribution in [2.45, 2.75) is 32.9 Å². The van der Waals surface area contributed by atoms with Crippen molar-refractivity contribution in [3.63, 3.8) is 0 Å². The zero-order chi connectivity index (χ0) is 25.5. The maximum atomic E-state index is 13.8. The van der Waals surface area contributed by atoms with Crippen LogP contribution in [-0.2, 0) is 26.2 Å². The zero-order valence-corrected chi connectivity index (χ0v) is 20.4. The molecule has 1 atom stereocenters. The highest BCUT2D eigenvalue weighted by Crippen LogP contribution is 2.22. The number of nitrogens with zero attached hydrogens (tertiary/aromatic N) is 2. The van der Waals surface area contributed by atoms with Crippen LogP contribution in [0.4, 0.5) is 14.5 Å². The molecule has 1 N–H and O–H groups in total. The van der Waals surface area contributed by atoms with Crippen molar-refractivity contribution in [2.75, 3.05) is 30.8 Å². The van der Waals surface area contributed by atoms with E-state index in [0.29, 0.717) is 28.2 Å². The molecule has 0 saturated heterocycles. The van der Waals surface area contributed by atoms with Crippen molar-refractivity contribution in [1.82, 2.24) is 10.2 Å². The van der Waals surface area contributed by atoms with Gasteiger partial charge in [-0.15, -0.1) is 0 Å². The molecule has 2 aromatic rings. The Morgan fingerprint density at radius 3 is 2.35 bits per heavy atom. The van der Waals surface area contributed by atoms with E-state index in [9.17, 15) is 26.8 Å². The molecule has 0 aromatic heterocycles. The Bertz CT molecular complexity index is 1130. The van der Waals surface area contributed by atoms with E-state index < -0.39 is 40.2 Å². The quantitative estimate of drug-likeness (QED) is 0.515. The Morgan fingerprint density at radius 2 is 1.79 bits per heavy atom. The predicted molar refractivity (Wildman–Crippen MR) is 125 cm³/mol. The summed E-state index contributed by atoms with van der Waals surface area (Å²) in [6.07, 6.45) is 1.13. The third kappa shape index (κ3) is 6.89. The summed E-state index contributed by atoms with van der Waals surface area (Å²) in [7, 11) is -2.55. The molecule has 34 heavy (non-hydrogen) atoms. The largest absolute Gasteiger partial charge is 0.497 e. The Morgan fingerprint density at radius 1 is 1.09 bits per heavy atom. The first-order chi connectivity index (χ1) is 16.0. The first kappa shape index (κ1) is 27.0. The number of hydrogen-bond donors (Lipinski definition) is 1. The number of likely N-dealkylation sites (N-methyl/N-ethyl adjacent to an activating group) is 1. The average Bonchev–Trinajstić information content (AvgIpc) is 2.78. The summed E-state index contributed by atoms with van der Waals surface area (Å²) in [4.78, 5) is 27.4. The second-order valence-electron chi connectivity index (χ2n) is 7.56. The lowest BCUT2D eigenvalue weighted by Gasteiger charge is -2.32. The molecule has 11 heteroatoms. The van der Waals surface area contributed by atoms with Gasteiger partial charge in [0.05, 0.1) is 19.1 Å². The van der Waals surface area contributed by atoms with Crippen LogP contribution in [0.15, 0.2) is 42.5 Å². The van der Waals surface area contributed by atoms with E-state index in [4.69, 9.17) is 4.74 Å². The minimum Gasteiger partial charge on any atom is -0.497 e. The molecule has 2 amide bonds. The lowest BCUT2D eigenvalue weighted by Crippen LogP contribution is -2.52. The van der Waals surface area contributed by atoms with Crippen molar-refractivity contribution in [2.24, 2.45) is 0 Å². The molecular weight excluding hydrogens is 468 g/mol. The summed E-state index contributed by atoms with van der Waals surface area (Å²) < 4.78 is 58.0. The van der Waals surface area contributed by atoms with E-state index in [2.05, 4.69) is 5.32 Å². The Hall–Kier alpha value is -3.21. The molecule has 186 valence electrons. The number of ether oxygens (including phenoxy) is 1. The lowest BCUT2D eigenvalue weighted by atomic mass is 10.1. The van der Waals surface area contributed by atoms with Gasteiger partial charge >= 0.3 is 0 Å². The van der Waals surface area contributed by atoms with Gasteiger partial charge in [-0.3, -0.25) is 13.9 Å². The normalized spacial score (nSPS) is 12.1. The number of carbonyl (C=O) groups is 2. The number of rotatable bonds is 11. The van der Waals surface area contributed by atoms with Gasteiger partial charge in [0.25, 0.3) is 0 Å². The highest BCUT2D eigenvalue weighted by Gasteiger charge is 2.31. The van der Waals surface area contributed by atoms with Crippen molar-refractivity contribution in [3.05, 3.63) is 59.7 Å². The maximum Gasteiger partial charge on any atom is 0.244 e. The van der Waals surface area contributed by atoms with Crippen LogP contribution in [0.2, 0.25) is 0 Å². The molecule has 8 nitrogen and oxygen atoms in total. The summed E-state index contributed by atoms with van der Waals surface area (Å²) in [6, 6.07) is 8.58. The summed E-state index contributed by atoms with van der Waals surface area (Å²) in [5.74, 6) is -2.92. The molecule has 0 spiro atoms. The minimum atomic E-state index is -4.05. The summed E-state index contributed by atoms with van der Waals surface area (Å²) in [5.41, 5.74) is 0.455. The second kappa shape index (κ2) is 11.8. The molecule has 0 aliphatic carbocycles. The second-order valence-corrected chi connectivity index (χ2v) is 9.47. The summed E-state index contributed by atoms with van der Waals surface area (Å²) in [6.45, 7) is 3.12. The van der Waals surface area contributed by atoms with Crippen LogP contribution in [-0.4, -0.2) is 57.6 Å². The van der Waals surface area contributed by atoms with Crippen LogP contribution in [0.3, 0.4) is 0 Å². The van der Waals surface area contributed by atoms with E-state index in [1.54, 1.807) is 38.1 Å². The molecule has 2 rings (SSSR count). The minimum absolute atomic E-state index is 0.00105. The SMILES string of the molecule is CCNC(=O)[C@@H](CC)N(Cc1cccc(OC)c1)C(=O)CN(c1ccc(F)c(F)c1)S(C)(=O)=O. The molecule has 0 aliphatic rings. The fourth-order valence-corrected chi connectivity index (χ4v) is 4.27. The van der Waals surface area contributed by atoms with E-state index in [-0.39, 0.29) is 24.6 Å². The van der Waals surface area contributed by atoms with Gasteiger partial charge in [-0.05, 0) is 43.2 Å².